The highest BCUT2D eigenvalue weighted by molar-refractivity contribution is 5.73. The number of nitrogens with one attached hydrogen (secondary N) is 1. The van der Waals surface area contributed by atoms with Crippen LogP contribution in [0.25, 0.3) is 0 Å². The second-order valence-corrected chi connectivity index (χ2v) is 6.52. The van der Waals surface area contributed by atoms with Crippen LogP contribution < -0.4 is 5.32 Å². The fourth-order valence-corrected chi connectivity index (χ4v) is 2.04. The van der Waals surface area contributed by atoms with Crippen molar-refractivity contribution in [1.82, 2.24) is 5.32 Å². The number of carbonyl (C=O) groups excluding carboxylic acids is 4. The molecule has 0 rings (SSSR count). The van der Waals surface area contributed by atoms with E-state index in [0.717, 1.165) is 13.8 Å². The van der Waals surface area contributed by atoms with Gasteiger partial charge in [-0.05, 0) is 27.7 Å². The van der Waals surface area contributed by atoms with Gasteiger partial charge in [0.05, 0.1) is 18.7 Å². The zero-order valence-electron chi connectivity index (χ0n) is 15.4. The van der Waals surface area contributed by atoms with Gasteiger partial charge in [-0.3, -0.25) is 24.5 Å². The highest BCUT2D eigenvalue weighted by Crippen LogP contribution is 2.13. The molecule has 0 heterocycles. The summed E-state index contributed by atoms with van der Waals surface area (Å²) in [6, 6.07) is -1.05. The molecule has 0 spiro atoms. The molecule has 0 radical (unpaired) electrons. The molecule has 0 amide bonds. The third-order valence-electron chi connectivity index (χ3n) is 2.84. The summed E-state index contributed by atoms with van der Waals surface area (Å²) in [5, 5.41) is 12.6. The van der Waals surface area contributed by atoms with E-state index in [4.69, 9.17) is 14.2 Å². The number of esters is 3. The molecule has 0 unspecified atom stereocenters. The van der Waals surface area contributed by atoms with Crippen LogP contribution in [0, 0.1) is 0 Å². The largest absolute Gasteiger partial charge is 0.459 e. The van der Waals surface area contributed by atoms with Gasteiger partial charge in [-0.1, -0.05) is 0 Å². The lowest BCUT2D eigenvalue weighted by molar-refractivity contribution is -0.171. The van der Waals surface area contributed by atoms with Crippen molar-refractivity contribution < 1.29 is 38.5 Å². The van der Waals surface area contributed by atoms with E-state index in [9.17, 15) is 24.3 Å². The summed E-state index contributed by atoms with van der Waals surface area (Å²) in [7, 11) is 0. The highest BCUT2D eigenvalue weighted by atomic mass is 16.6. The van der Waals surface area contributed by atoms with E-state index in [1.54, 1.807) is 20.8 Å². The lowest BCUT2D eigenvalue weighted by Crippen LogP contribution is -2.56. The maximum absolute atomic E-state index is 11.8. The molecule has 0 fully saturated rings. The number of hydrogen-bond acceptors (Lipinski definition) is 9. The molecule has 0 saturated carbocycles. The van der Waals surface area contributed by atoms with Gasteiger partial charge in [-0.15, -0.1) is 0 Å². The van der Waals surface area contributed by atoms with Crippen molar-refractivity contribution in [2.24, 2.45) is 0 Å². The van der Waals surface area contributed by atoms with Crippen LogP contribution in [0.1, 0.15) is 41.5 Å². The van der Waals surface area contributed by atoms with Gasteiger partial charge in [0.25, 0.3) is 0 Å². The molecule has 0 bridgehead atoms. The molecule has 0 aliphatic carbocycles. The smallest absolute Gasteiger partial charge is 0.320 e. The Morgan fingerprint density at radius 2 is 1.64 bits per heavy atom. The van der Waals surface area contributed by atoms with Gasteiger partial charge >= 0.3 is 17.9 Å². The summed E-state index contributed by atoms with van der Waals surface area (Å²) in [4.78, 5) is 45.5. The number of hydrogen-bond donors (Lipinski definition) is 2. The Morgan fingerprint density at radius 3 is 2.00 bits per heavy atom. The normalized spacial score (nSPS) is 16.1. The van der Waals surface area contributed by atoms with Crippen molar-refractivity contribution in [2.75, 3.05) is 6.54 Å². The minimum atomic E-state index is -1.44. The Kier molecular flexibility index (Phi) is 9.29. The van der Waals surface area contributed by atoms with Gasteiger partial charge in [-0.25, -0.2) is 0 Å². The standard InChI is InChI=1S/C16H27NO8/c1-9(19)14(17-7-13(22)25-16(4,5)6)15(24-11(3)21)12(8-18)23-10(2)20/h8-9,12,14-15,17,19H,7H2,1-6H3/t9-,12+,14-,15-/m1/s1. The summed E-state index contributed by atoms with van der Waals surface area (Å²) < 4.78 is 15.0. The van der Waals surface area contributed by atoms with Crippen molar-refractivity contribution >= 4 is 24.2 Å². The maximum atomic E-state index is 11.8. The third kappa shape index (κ3) is 9.78. The van der Waals surface area contributed by atoms with Gasteiger partial charge in [0.2, 0.25) is 0 Å². The fraction of sp³-hybridized carbons (Fsp3) is 0.750. The molecule has 144 valence electrons. The lowest BCUT2D eigenvalue weighted by atomic mass is 10.0. The third-order valence-corrected chi connectivity index (χ3v) is 2.84. The number of carbonyl (C=O) groups is 4. The minimum absolute atomic E-state index is 0.291. The molecule has 2 N–H and O–H groups in total. The van der Waals surface area contributed by atoms with Crippen molar-refractivity contribution in [3.63, 3.8) is 0 Å². The van der Waals surface area contributed by atoms with E-state index in [1.165, 1.54) is 6.92 Å². The Bertz CT molecular complexity index is 483. The SMILES string of the molecule is CC(=O)O[C@@H]([C@H](NCC(=O)OC(C)(C)C)[C@@H](C)O)[C@H](C=O)OC(C)=O. The fourth-order valence-electron chi connectivity index (χ4n) is 2.04. The van der Waals surface area contributed by atoms with Crippen molar-refractivity contribution in [1.29, 1.82) is 0 Å². The average Bonchev–Trinajstić information content (AvgIpc) is 2.40. The molecule has 0 aromatic heterocycles. The molecule has 4 atom stereocenters. The van der Waals surface area contributed by atoms with Crippen LogP contribution in [0.5, 0.6) is 0 Å². The average molecular weight is 361 g/mol. The molecule has 0 saturated heterocycles. The van der Waals surface area contributed by atoms with Crippen LogP contribution in [0.15, 0.2) is 0 Å². The first-order chi connectivity index (χ1) is 11.4. The first-order valence-corrected chi connectivity index (χ1v) is 7.80. The monoisotopic (exact) mass is 361 g/mol. The predicted octanol–water partition coefficient (Wildman–Crippen LogP) is -0.271. The van der Waals surface area contributed by atoms with Gasteiger partial charge in [0.1, 0.15) is 5.60 Å². The number of aliphatic hydroxyl groups excluding tert-OH is 1. The summed E-state index contributed by atoms with van der Waals surface area (Å²) in [6.07, 6.45) is -3.60. The summed E-state index contributed by atoms with van der Waals surface area (Å²) >= 11 is 0. The number of rotatable bonds is 9. The zero-order valence-corrected chi connectivity index (χ0v) is 15.4. The molecule has 0 aliphatic rings. The van der Waals surface area contributed by atoms with Gasteiger partial charge in [0.15, 0.2) is 18.5 Å². The van der Waals surface area contributed by atoms with Crippen molar-refractivity contribution in [2.45, 2.75) is 71.5 Å². The molecule has 0 aliphatic heterocycles. The minimum Gasteiger partial charge on any atom is -0.459 e. The number of aliphatic hydroxyl groups is 1. The molecular formula is C16H27NO8. The van der Waals surface area contributed by atoms with Gasteiger partial charge in [0, 0.05) is 13.8 Å². The molecule has 25 heavy (non-hydrogen) atoms. The molecular weight excluding hydrogens is 334 g/mol. The highest BCUT2D eigenvalue weighted by Gasteiger charge is 2.37. The first kappa shape index (κ1) is 23.0. The van der Waals surface area contributed by atoms with Crippen molar-refractivity contribution in [3.8, 4) is 0 Å². The van der Waals surface area contributed by atoms with E-state index < -0.39 is 47.9 Å². The zero-order chi connectivity index (χ0) is 19.8. The number of ether oxygens (including phenoxy) is 3. The van der Waals surface area contributed by atoms with E-state index in [2.05, 4.69) is 5.32 Å². The van der Waals surface area contributed by atoms with Crippen LogP contribution >= 0.6 is 0 Å². The second-order valence-electron chi connectivity index (χ2n) is 6.52. The summed E-state index contributed by atoms with van der Waals surface area (Å²) in [5.41, 5.74) is -0.697. The molecule has 0 aromatic rings. The Balaban J connectivity index is 5.27. The predicted molar refractivity (Wildman–Crippen MR) is 86.5 cm³/mol. The lowest BCUT2D eigenvalue weighted by Gasteiger charge is -2.32. The quantitative estimate of drug-likeness (QED) is 0.324. The van der Waals surface area contributed by atoms with Crippen LogP contribution in [-0.2, 0) is 33.4 Å². The Morgan fingerprint density at radius 1 is 1.12 bits per heavy atom. The van der Waals surface area contributed by atoms with Crippen LogP contribution in [0.4, 0.5) is 0 Å². The molecule has 0 aromatic carbocycles. The van der Waals surface area contributed by atoms with E-state index in [1.807, 2.05) is 0 Å². The summed E-state index contributed by atoms with van der Waals surface area (Å²) in [6.45, 7) is 8.35. The number of aldehydes is 1. The molecule has 9 heteroatoms. The molecule has 9 nitrogen and oxygen atoms in total. The first-order valence-electron chi connectivity index (χ1n) is 7.80. The van der Waals surface area contributed by atoms with Gasteiger partial charge < -0.3 is 19.3 Å². The van der Waals surface area contributed by atoms with Crippen LogP contribution in [0.3, 0.4) is 0 Å². The van der Waals surface area contributed by atoms with Gasteiger partial charge in [-0.2, -0.15) is 0 Å². The maximum Gasteiger partial charge on any atom is 0.320 e. The Hall–Kier alpha value is -2.00. The van der Waals surface area contributed by atoms with E-state index >= 15 is 0 Å². The van der Waals surface area contributed by atoms with Crippen LogP contribution in [0.2, 0.25) is 0 Å². The second kappa shape index (κ2) is 10.1. The summed E-state index contributed by atoms with van der Waals surface area (Å²) in [5.74, 6) is -2.10. The van der Waals surface area contributed by atoms with Crippen molar-refractivity contribution in [3.05, 3.63) is 0 Å². The topological polar surface area (TPSA) is 128 Å². The Labute approximate surface area is 147 Å². The van der Waals surface area contributed by atoms with Crippen LogP contribution in [-0.4, -0.2) is 65.8 Å². The van der Waals surface area contributed by atoms with E-state index in [0.29, 0.717) is 6.29 Å². The van der Waals surface area contributed by atoms with E-state index in [-0.39, 0.29) is 6.54 Å².